The van der Waals surface area contributed by atoms with Crippen LogP contribution in [0.5, 0.6) is 5.75 Å². The van der Waals surface area contributed by atoms with E-state index in [-0.39, 0.29) is 11.6 Å². The first kappa shape index (κ1) is 20.5. The maximum absolute atomic E-state index is 12.7. The Hall–Kier alpha value is -3.19. The first-order chi connectivity index (χ1) is 14.0. The number of benzene rings is 2. The van der Waals surface area contributed by atoms with Gasteiger partial charge in [0.1, 0.15) is 10.8 Å². The van der Waals surface area contributed by atoms with Gasteiger partial charge >= 0.3 is 5.97 Å². The summed E-state index contributed by atoms with van der Waals surface area (Å²) in [7, 11) is 1.60. The molecule has 7 heteroatoms. The van der Waals surface area contributed by atoms with E-state index in [1.807, 2.05) is 61.5 Å². The molecule has 3 rings (SSSR count). The first-order valence-electron chi connectivity index (χ1n) is 9.20. The lowest BCUT2D eigenvalue weighted by Gasteiger charge is -2.24. The number of hydrogen-bond acceptors (Lipinski definition) is 6. The van der Waals surface area contributed by atoms with Crippen LogP contribution in [0.1, 0.15) is 24.3 Å². The van der Waals surface area contributed by atoms with Gasteiger partial charge in [0.05, 0.1) is 7.11 Å². The van der Waals surface area contributed by atoms with Crippen LogP contribution in [0.15, 0.2) is 60.0 Å². The van der Waals surface area contributed by atoms with Gasteiger partial charge < -0.3 is 14.4 Å². The normalized spacial score (nSPS) is 11.6. The number of methoxy groups -OCH3 is 1. The average Bonchev–Trinajstić information content (AvgIpc) is 3.25. The number of esters is 1. The fraction of sp³-hybridized carbons (Fsp3) is 0.227. The molecular formula is C22H22N2O4S. The minimum absolute atomic E-state index is 0.184. The van der Waals surface area contributed by atoms with Crippen molar-refractivity contribution < 1.29 is 19.1 Å². The van der Waals surface area contributed by atoms with Crippen LogP contribution >= 0.6 is 11.3 Å². The average molecular weight is 410 g/mol. The summed E-state index contributed by atoms with van der Waals surface area (Å²) in [5.41, 5.74) is 1.82. The second-order valence-electron chi connectivity index (χ2n) is 6.23. The Morgan fingerprint density at radius 2 is 1.79 bits per heavy atom. The van der Waals surface area contributed by atoms with Crippen molar-refractivity contribution in [3.05, 3.63) is 65.7 Å². The number of carbonyl (C=O) groups is 2. The van der Waals surface area contributed by atoms with E-state index in [9.17, 15) is 9.59 Å². The minimum Gasteiger partial charge on any atom is -0.497 e. The number of hydrogen-bond donors (Lipinski definition) is 0. The quantitative estimate of drug-likeness (QED) is 0.540. The molecule has 0 spiro atoms. The molecule has 0 saturated heterocycles. The number of para-hydroxylation sites is 1. The van der Waals surface area contributed by atoms with Gasteiger partial charge in [-0.1, -0.05) is 18.2 Å². The highest BCUT2D eigenvalue weighted by molar-refractivity contribution is 7.13. The first-order valence-corrected chi connectivity index (χ1v) is 10.1. The fourth-order valence-corrected chi connectivity index (χ4v) is 3.59. The van der Waals surface area contributed by atoms with Crippen molar-refractivity contribution in [3.8, 4) is 16.3 Å². The van der Waals surface area contributed by atoms with Gasteiger partial charge in [0.15, 0.2) is 11.8 Å². The van der Waals surface area contributed by atoms with Crippen LogP contribution in [0.2, 0.25) is 0 Å². The highest BCUT2D eigenvalue weighted by atomic mass is 32.1. The van der Waals surface area contributed by atoms with E-state index in [4.69, 9.17) is 9.47 Å². The van der Waals surface area contributed by atoms with Crippen LogP contribution in [0.25, 0.3) is 10.6 Å². The predicted octanol–water partition coefficient (Wildman–Crippen LogP) is 4.42. The number of nitrogens with zero attached hydrogens (tertiary/aromatic N) is 2. The minimum atomic E-state index is -0.922. The Kier molecular flexibility index (Phi) is 6.61. The molecule has 6 nitrogen and oxygen atoms in total. The Morgan fingerprint density at radius 1 is 1.10 bits per heavy atom. The molecule has 0 unspecified atom stereocenters. The molecule has 3 aromatic rings. The van der Waals surface area contributed by atoms with Crippen LogP contribution in [-0.2, 0) is 9.53 Å². The molecule has 29 heavy (non-hydrogen) atoms. The lowest BCUT2D eigenvalue weighted by atomic mass is 10.2. The monoisotopic (exact) mass is 410 g/mol. The summed E-state index contributed by atoms with van der Waals surface area (Å²) in [6.07, 6.45) is -0.922. The molecule has 0 aliphatic rings. The van der Waals surface area contributed by atoms with E-state index in [1.54, 1.807) is 24.3 Å². The van der Waals surface area contributed by atoms with Crippen LogP contribution in [-0.4, -0.2) is 36.6 Å². The molecule has 0 radical (unpaired) electrons. The van der Waals surface area contributed by atoms with Crippen molar-refractivity contribution >= 4 is 28.9 Å². The molecule has 0 aliphatic carbocycles. The Morgan fingerprint density at radius 3 is 2.41 bits per heavy atom. The van der Waals surface area contributed by atoms with Gasteiger partial charge in [-0.05, 0) is 50.2 Å². The number of carbonyl (C=O) groups excluding carboxylic acids is 2. The molecule has 1 amide bonds. The standard InChI is InChI=1S/C22H22N2O4S/c1-4-24(17-8-6-5-7-9-17)21(25)15(2)28-22(26)19-14-29-20(23-19)16-10-12-18(27-3)13-11-16/h5-15H,4H2,1-3H3/t15-/m1/s1. The van der Waals surface area contributed by atoms with E-state index in [0.717, 1.165) is 17.0 Å². The molecule has 0 saturated carbocycles. The van der Waals surface area contributed by atoms with Gasteiger partial charge in [0.2, 0.25) is 0 Å². The smallest absolute Gasteiger partial charge is 0.358 e. The summed E-state index contributed by atoms with van der Waals surface area (Å²) in [5, 5.41) is 2.33. The van der Waals surface area contributed by atoms with Crippen LogP contribution in [0, 0.1) is 0 Å². The SMILES string of the molecule is CCN(C(=O)[C@@H](C)OC(=O)c1csc(-c2ccc(OC)cc2)n1)c1ccccc1. The van der Waals surface area contributed by atoms with Gasteiger partial charge in [0, 0.05) is 23.2 Å². The zero-order chi connectivity index (χ0) is 20.8. The molecule has 1 atom stereocenters. The summed E-state index contributed by atoms with van der Waals surface area (Å²) < 4.78 is 10.5. The highest BCUT2D eigenvalue weighted by Gasteiger charge is 2.25. The summed E-state index contributed by atoms with van der Waals surface area (Å²) in [6, 6.07) is 16.7. The Balaban J connectivity index is 1.68. The second kappa shape index (κ2) is 9.34. The molecule has 1 aromatic heterocycles. The maximum atomic E-state index is 12.7. The Bertz CT molecular complexity index is 970. The summed E-state index contributed by atoms with van der Waals surface area (Å²) in [4.78, 5) is 31.2. The molecular weight excluding hydrogens is 388 g/mol. The fourth-order valence-electron chi connectivity index (χ4n) is 2.80. The number of aromatic nitrogens is 1. The lowest BCUT2D eigenvalue weighted by Crippen LogP contribution is -2.40. The molecule has 0 aliphatic heterocycles. The van der Waals surface area contributed by atoms with Crippen molar-refractivity contribution in [2.75, 3.05) is 18.6 Å². The number of thiazole rings is 1. The predicted molar refractivity (Wildman–Crippen MR) is 113 cm³/mol. The van der Waals surface area contributed by atoms with Crippen LogP contribution in [0.4, 0.5) is 5.69 Å². The largest absolute Gasteiger partial charge is 0.497 e. The van der Waals surface area contributed by atoms with Crippen molar-refractivity contribution in [1.82, 2.24) is 4.98 Å². The second-order valence-corrected chi connectivity index (χ2v) is 7.09. The van der Waals surface area contributed by atoms with E-state index >= 15 is 0 Å². The van der Waals surface area contributed by atoms with E-state index < -0.39 is 12.1 Å². The van der Waals surface area contributed by atoms with Crippen LogP contribution < -0.4 is 9.64 Å². The number of rotatable bonds is 7. The van der Waals surface area contributed by atoms with Crippen LogP contribution in [0.3, 0.4) is 0 Å². The van der Waals surface area contributed by atoms with Crippen molar-refractivity contribution in [3.63, 3.8) is 0 Å². The van der Waals surface area contributed by atoms with Gasteiger partial charge in [-0.15, -0.1) is 11.3 Å². The molecule has 0 N–H and O–H groups in total. The van der Waals surface area contributed by atoms with Gasteiger partial charge in [-0.3, -0.25) is 4.79 Å². The van der Waals surface area contributed by atoms with E-state index in [2.05, 4.69) is 4.98 Å². The van der Waals surface area contributed by atoms with E-state index in [0.29, 0.717) is 11.6 Å². The number of ether oxygens (including phenoxy) is 2. The number of likely N-dealkylation sites (N-methyl/N-ethyl adjacent to an activating group) is 1. The number of anilines is 1. The lowest BCUT2D eigenvalue weighted by molar-refractivity contribution is -0.126. The Labute approximate surface area is 173 Å². The third kappa shape index (κ3) is 4.81. The van der Waals surface area contributed by atoms with Crippen molar-refractivity contribution in [2.45, 2.75) is 20.0 Å². The van der Waals surface area contributed by atoms with E-state index in [1.165, 1.54) is 11.3 Å². The number of amides is 1. The van der Waals surface area contributed by atoms with Gasteiger partial charge in [-0.25, -0.2) is 9.78 Å². The zero-order valence-corrected chi connectivity index (χ0v) is 17.3. The third-order valence-electron chi connectivity index (χ3n) is 4.33. The molecule has 0 bridgehead atoms. The van der Waals surface area contributed by atoms with Crippen molar-refractivity contribution in [2.24, 2.45) is 0 Å². The summed E-state index contributed by atoms with van der Waals surface area (Å²) in [5.74, 6) is -0.153. The molecule has 150 valence electrons. The summed E-state index contributed by atoms with van der Waals surface area (Å²) in [6.45, 7) is 3.92. The highest BCUT2D eigenvalue weighted by Crippen LogP contribution is 2.26. The zero-order valence-electron chi connectivity index (χ0n) is 16.5. The topological polar surface area (TPSA) is 68.7 Å². The molecule has 0 fully saturated rings. The maximum Gasteiger partial charge on any atom is 0.358 e. The molecule has 1 heterocycles. The summed E-state index contributed by atoms with van der Waals surface area (Å²) >= 11 is 1.34. The molecule has 2 aromatic carbocycles. The van der Waals surface area contributed by atoms with Gasteiger partial charge in [0.25, 0.3) is 5.91 Å². The third-order valence-corrected chi connectivity index (χ3v) is 5.22. The van der Waals surface area contributed by atoms with Gasteiger partial charge in [-0.2, -0.15) is 0 Å². The van der Waals surface area contributed by atoms with Crippen molar-refractivity contribution in [1.29, 1.82) is 0 Å².